The number of hydrogen-bond acceptors (Lipinski definition) is 8. The molecule has 0 saturated carbocycles. The van der Waals surface area contributed by atoms with Gasteiger partial charge in [0.15, 0.2) is 0 Å². The van der Waals surface area contributed by atoms with Crippen LogP contribution in [0.1, 0.15) is 112 Å². The quantitative estimate of drug-likeness (QED) is 0.0212. The van der Waals surface area contributed by atoms with E-state index in [2.05, 4.69) is 18.2 Å². The summed E-state index contributed by atoms with van der Waals surface area (Å²) in [6.45, 7) is 2.46. The molecule has 0 atom stereocenters. The van der Waals surface area contributed by atoms with Gasteiger partial charge in [-0.05, 0) is 109 Å². The van der Waals surface area contributed by atoms with Crippen LogP contribution in [-0.4, -0.2) is 37.3 Å². The Balaban J connectivity index is 0.814. The number of hydrogen-bond donors (Lipinski definition) is 0. The molecule has 5 rings (SSSR count). The van der Waals surface area contributed by atoms with Crippen LogP contribution in [-0.2, 0) is 4.74 Å². The van der Waals surface area contributed by atoms with Gasteiger partial charge in [0.05, 0.1) is 48.5 Å². The fourth-order valence-electron chi connectivity index (χ4n) is 6.86. The van der Waals surface area contributed by atoms with E-state index >= 15 is 0 Å². The SMILES string of the molecule is N#Cc1ccc(-c2ccc(OCCCCCCCCCCCOC(=O)c3ccc(-c4ccc(OCCCCCCCCOc5ccc([N+](=O)[O-])cc5)cc4)cc3)cc2)cc1. The average Bonchev–Trinajstić information content (AvgIpc) is 3.29. The monoisotopic (exact) mass is 810 g/mol. The fourth-order valence-corrected chi connectivity index (χ4v) is 6.86. The number of non-ortho nitro benzene ring substituents is 1. The summed E-state index contributed by atoms with van der Waals surface area (Å²) >= 11 is 0. The lowest BCUT2D eigenvalue weighted by Crippen LogP contribution is -2.06. The summed E-state index contributed by atoms with van der Waals surface area (Å²) in [5.74, 6) is 2.12. The molecule has 0 spiro atoms. The summed E-state index contributed by atoms with van der Waals surface area (Å²) in [5.41, 5.74) is 5.60. The summed E-state index contributed by atoms with van der Waals surface area (Å²) in [4.78, 5) is 22.9. The van der Waals surface area contributed by atoms with Gasteiger partial charge in [0, 0.05) is 12.1 Å². The normalized spacial score (nSPS) is 10.8. The summed E-state index contributed by atoms with van der Waals surface area (Å²) in [7, 11) is 0. The van der Waals surface area contributed by atoms with Crippen molar-refractivity contribution in [3.63, 3.8) is 0 Å². The lowest BCUT2D eigenvalue weighted by Gasteiger charge is -2.09. The van der Waals surface area contributed by atoms with E-state index in [1.165, 1.54) is 44.2 Å². The first-order valence-electron chi connectivity index (χ1n) is 21.6. The second kappa shape index (κ2) is 26.1. The van der Waals surface area contributed by atoms with Crippen molar-refractivity contribution in [2.24, 2.45) is 0 Å². The predicted molar refractivity (Wildman–Crippen MR) is 238 cm³/mol. The molecule has 60 heavy (non-hydrogen) atoms. The zero-order chi connectivity index (χ0) is 42.0. The van der Waals surface area contributed by atoms with Gasteiger partial charge in [0.1, 0.15) is 17.2 Å². The molecular weight excluding hydrogens is 753 g/mol. The highest BCUT2D eigenvalue weighted by Crippen LogP contribution is 2.25. The fraction of sp³-hybridized carbons (Fsp3) is 0.373. The molecule has 9 nitrogen and oxygen atoms in total. The first kappa shape index (κ1) is 45.0. The number of benzene rings is 5. The van der Waals surface area contributed by atoms with Gasteiger partial charge in [0.25, 0.3) is 5.69 Å². The number of carbonyl (C=O) groups excluding carboxylic acids is 1. The lowest BCUT2D eigenvalue weighted by atomic mass is 10.0. The highest BCUT2D eigenvalue weighted by molar-refractivity contribution is 5.90. The molecule has 0 unspecified atom stereocenters. The van der Waals surface area contributed by atoms with Crippen LogP contribution >= 0.6 is 0 Å². The minimum absolute atomic E-state index is 0.0687. The molecular formula is C51H58N2O7. The smallest absolute Gasteiger partial charge is 0.338 e. The van der Waals surface area contributed by atoms with Crippen molar-refractivity contribution in [3.8, 4) is 45.6 Å². The second-order valence-electron chi connectivity index (χ2n) is 15.1. The molecule has 5 aromatic carbocycles. The van der Waals surface area contributed by atoms with Crippen molar-refractivity contribution in [1.29, 1.82) is 5.26 Å². The van der Waals surface area contributed by atoms with E-state index in [-0.39, 0.29) is 11.7 Å². The number of esters is 1. The average molecular weight is 811 g/mol. The summed E-state index contributed by atoms with van der Waals surface area (Å²) in [6, 6.07) is 39.7. The van der Waals surface area contributed by atoms with Crippen molar-refractivity contribution in [1.82, 2.24) is 0 Å². The van der Waals surface area contributed by atoms with Crippen molar-refractivity contribution in [2.45, 2.75) is 96.3 Å². The summed E-state index contributed by atoms with van der Waals surface area (Å²) in [6.07, 6.45) is 16.7. The molecule has 0 amide bonds. The van der Waals surface area contributed by atoms with E-state index in [1.54, 1.807) is 12.1 Å². The zero-order valence-corrected chi connectivity index (χ0v) is 34.7. The Hall–Kier alpha value is -6.14. The van der Waals surface area contributed by atoms with Gasteiger partial charge in [-0.15, -0.1) is 0 Å². The standard InChI is InChI=1S/C51H58N2O7/c52-40-41-16-18-42(19-17-41)44-24-30-48(31-25-44)57-36-12-8-4-2-1-3-5-11-15-39-60-51(54)46-22-20-43(21-23-46)45-26-32-49(33-27-45)58-37-13-9-6-7-10-14-38-59-50-34-28-47(29-35-50)53(55)56/h16-35H,1-15,36-39H2. The third kappa shape index (κ3) is 16.2. The molecule has 0 fully saturated rings. The maximum absolute atomic E-state index is 12.6. The van der Waals surface area contributed by atoms with Gasteiger partial charge < -0.3 is 18.9 Å². The van der Waals surface area contributed by atoms with Gasteiger partial charge in [-0.3, -0.25) is 10.1 Å². The molecule has 0 bridgehead atoms. The highest BCUT2D eigenvalue weighted by Gasteiger charge is 2.09. The van der Waals surface area contributed by atoms with E-state index in [4.69, 9.17) is 24.2 Å². The molecule has 0 heterocycles. The van der Waals surface area contributed by atoms with Crippen LogP contribution < -0.4 is 14.2 Å². The van der Waals surface area contributed by atoms with Crippen LogP contribution in [0.25, 0.3) is 22.3 Å². The Kier molecular flexibility index (Phi) is 19.5. The van der Waals surface area contributed by atoms with Crippen molar-refractivity contribution < 1.29 is 28.7 Å². The number of nitro benzene ring substituents is 1. The molecule has 5 aromatic rings. The first-order valence-corrected chi connectivity index (χ1v) is 21.6. The molecule has 0 N–H and O–H groups in total. The minimum atomic E-state index is -0.412. The Morgan fingerprint density at radius 3 is 1.13 bits per heavy atom. The molecule has 0 saturated heterocycles. The van der Waals surface area contributed by atoms with Crippen LogP contribution in [0.5, 0.6) is 17.2 Å². The number of ether oxygens (including phenoxy) is 4. The Labute approximate surface area is 355 Å². The Bertz CT molecular complexity index is 2020. The molecule has 314 valence electrons. The van der Waals surface area contributed by atoms with Gasteiger partial charge in [-0.25, -0.2) is 4.79 Å². The number of unbranched alkanes of at least 4 members (excludes halogenated alkanes) is 13. The third-order valence-electron chi connectivity index (χ3n) is 10.4. The van der Waals surface area contributed by atoms with Gasteiger partial charge in [-0.1, -0.05) is 119 Å². The molecule has 9 heteroatoms. The predicted octanol–water partition coefficient (Wildman–Crippen LogP) is 13.3. The summed E-state index contributed by atoms with van der Waals surface area (Å²) < 4.78 is 23.1. The molecule has 0 aliphatic carbocycles. The van der Waals surface area contributed by atoms with E-state index in [0.717, 1.165) is 105 Å². The lowest BCUT2D eigenvalue weighted by molar-refractivity contribution is -0.384. The molecule has 0 aliphatic heterocycles. The van der Waals surface area contributed by atoms with E-state index < -0.39 is 4.92 Å². The van der Waals surface area contributed by atoms with Gasteiger partial charge in [0.2, 0.25) is 0 Å². The maximum Gasteiger partial charge on any atom is 0.338 e. The largest absolute Gasteiger partial charge is 0.494 e. The van der Waals surface area contributed by atoms with E-state index in [0.29, 0.717) is 36.7 Å². The number of nitro groups is 1. The Morgan fingerprint density at radius 2 is 0.767 bits per heavy atom. The number of nitriles is 1. The summed E-state index contributed by atoms with van der Waals surface area (Å²) in [5, 5.41) is 19.7. The van der Waals surface area contributed by atoms with E-state index in [1.807, 2.05) is 84.9 Å². The van der Waals surface area contributed by atoms with E-state index in [9.17, 15) is 14.9 Å². The molecule has 0 radical (unpaired) electrons. The first-order chi connectivity index (χ1) is 29.5. The second-order valence-corrected chi connectivity index (χ2v) is 15.1. The van der Waals surface area contributed by atoms with Crippen molar-refractivity contribution in [3.05, 3.63) is 143 Å². The van der Waals surface area contributed by atoms with Crippen molar-refractivity contribution >= 4 is 11.7 Å². The van der Waals surface area contributed by atoms with Crippen LogP contribution in [0.4, 0.5) is 5.69 Å². The maximum atomic E-state index is 12.6. The number of nitrogens with zero attached hydrogens (tertiary/aromatic N) is 2. The minimum Gasteiger partial charge on any atom is -0.494 e. The zero-order valence-electron chi connectivity index (χ0n) is 34.7. The van der Waals surface area contributed by atoms with Gasteiger partial charge in [-0.2, -0.15) is 5.26 Å². The number of carbonyl (C=O) groups is 1. The highest BCUT2D eigenvalue weighted by atomic mass is 16.6. The van der Waals surface area contributed by atoms with Crippen LogP contribution in [0.3, 0.4) is 0 Å². The van der Waals surface area contributed by atoms with Crippen LogP contribution in [0.2, 0.25) is 0 Å². The Morgan fingerprint density at radius 1 is 0.450 bits per heavy atom. The molecule has 0 aromatic heterocycles. The molecule has 0 aliphatic rings. The van der Waals surface area contributed by atoms with Crippen LogP contribution in [0.15, 0.2) is 121 Å². The topological polar surface area (TPSA) is 121 Å². The van der Waals surface area contributed by atoms with Gasteiger partial charge >= 0.3 is 5.97 Å². The number of rotatable bonds is 28. The third-order valence-corrected chi connectivity index (χ3v) is 10.4. The van der Waals surface area contributed by atoms with Crippen LogP contribution in [0, 0.1) is 21.4 Å². The van der Waals surface area contributed by atoms with Crippen molar-refractivity contribution in [2.75, 3.05) is 26.4 Å².